The van der Waals surface area contributed by atoms with Gasteiger partial charge in [0.2, 0.25) is 0 Å². The maximum absolute atomic E-state index is 12.8. The molecule has 1 unspecified atom stereocenters. The summed E-state index contributed by atoms with van der Waals surface area (Å²) in [5.41, 5.74) is 0. The molecule has 1 atom stereocenters. The van der Waals surface area contributed by atoms with E-state index in [9.17, 15) is 13.2 Å². The zero-order chi connectivity index (χ0) is 19.2. The molecule has 1 N–H and O–H groups in total. The Morgan fingerprint density at radius 2 is 1.92 bits per heavy atom. The number of urea groups is 1. The second-order valence-corrected chi connectivity index (χ2v) is 9.16. The van der Waals surface area contributed by atoms with Gasteiger partial charge in [-0.05, 0) is 32.4 Å². The third kappa shape index (κ3) is 5.53. The molecule has 2 rings (SSSR count). The van der Waals surface area contributed by atoms with E-state index in [0.717, 1.165) is 19.6 Å². The summed E-state index contributed by atoms with van der Waals surface area (Å²) in [5.74, 6) is 0. The number of rotatable bonds is 9. The highest BCUT2D eigenvalue weighted by Gasteiger charge is 2.37. The number of carbonyl (C=O) groups excluding carboxylic acids is 1. The molecule has 2 fully saturated rings. The molecular formula is C16H33N5O4S. The van der Waals surface area contributed by atoms with Crippen LogP contribution in [0.1, 0.15) is 19.3 Å². The molecule has 152 valence electrons. The monoisotopic (exact) mass is 391 g/mol. The number of hydrogen-bond acceptors (Lipinski definition) is 5. The van der Waals surface area contributed by atoms with Crippen LogP contribution in [0.15, 0.2) is 0 Å². The number of ether oxygens (including phenoxy) is 1. The lowest BCUT2D eigenvalue weighted by molar-refractivity contribution is 0.182. The largest absolute Gasteiger partial charge is 0.383 e. The van der Waals surface area contributed by atoms with Crippen LogP contribution in [0.5, 0.6) is 0 Å². The van der Waals surface area contributed by atoms with Gasteiger partial charge < -0.3 is 19.9 Å². The average molecular weight is 392 g/mol. The van der Waals surface area contributed by atoms with Crippen molar-refractivity contribution < 1.29 is 17.9 Å². The Kier molecular flexibility index (Phi) is 8.08. The van der Waals surface area contributed by atoms with E-state index in [0.29, 0.717) is 39.2 Å². The van der Waals surface area contributed by atoms with Crippen molar-refractivity contribution in [1.29, 1.82) is 0 Å². The predicted octanol–water partition coefficient (Wildman–Crippen LogP) is -0.379. The zero-order valence-corrected chi connectivity index (χ0v) is 17.0. The molecule has 2 saturated heterocycles. The summed E-state index contributed by atoms with van der Waals surface area (Å²) in [6.07, 6.45) is 3.02. The van der Waals surface area contributed by atoms with Gasteiger partial charge in [0.25, 0.3) is 10.2 Å². The lowest BCUT2D eigenvalue weighted by atomic mass is 10.2. The maximum Gasteiger partial charge on any atom is 0.317 e. The third-order valence-electron chi connectivity index (χ3n) is 5.03. The van der Waals surface area contributed by atoms with Crippen LogP contribution in [0.3, 0.4) is 0 Å². The van der Waals surface area contributed by atoms with Gasteiger partial charge in [-0.15, -0.1) is 0 Å². The molecule has 0 saturated carbocycles. The van der Waals surface area contributed by atoms with Crippen molar-refractivity contribution in [3.8, 4) is 0 Å². The molecule has 0 radical (unpaired) electrons. The lowest BCUT2D eigenvalue weighted by Gasteiger charge is -2.32. The molecule has 2 heterocycles. The Morgan fingerprint density at radius 1 is 1.23 bits per heavy atom. The van der Waals surface area contributed by atoms with Crippen molar-refractivity contribution in [3.63, 3.8) is 0 Å². The van der Waals surface area contributed by atoms with Crippen molar-refractivity contribution in [2.45, 2.75) is 25.3 Å². The van der Waals surface area contributed by atoms with E-state index in [1.807, 2.05) is 0 Å². The Balaban J connectivity index is 1.97. The van der Waals surface area contributed by atoms with Gasteiger partial charge in [-0.2, -0.15) is 17.0 Å². The molecule has 0 spiro atoms. The van der Waals surface area contributed by atoms with Gasteiger partial charge in [0.15, 0.2) is 0 Å². The second kappa shape index (κ2) is 9.84. The van der Waals surface area contributed by atoms with Gasteiger partial charge in [0, 0.05) is 60.0 Å². The molecule has 0 aromatic rings. The summed E-state index contributed by atoms with van der Waals surface area (Å²) in [5, 5.41) is 2.80. The standard InChI is InChI=1S/C16H33N5O4S/c1-18(2)26(23,24)21(12-11-19-8-4-5-9-19)15-6-10-20(14-15)16(22)17-7-13-25-3/h15H,4-14H2,1-3H3,(H,17,22). The normalized spacial score (nSPS) is 21.9. The first-order valence-corrected chi connectivity index (χ1v) is 10.7. The van der Waals surface area contributed by atoms with Crippen molar-refractivity contribution in [3.05, 3.63) is 0 Å². The number of carbonyl (C=O) groups is 1. The first-order chi connectivity index (χ1) is 12.4. The van der Waals surface area contributed by atoms with Crippen LogP contribution in [0.2, 0.25) is 0 Å². The molecule has 0 aromatic heterocycles. The van der Waals surface area contributed by atoms with Crippen LogP contribution in [-0.2, 0) is 14.9 Å². The maximum atomic E-state index is 12.8. The number of methoxy groups -OCH3 is 1. The van der Waals surface area contributed by atoms with E-state index in [4.69, 9.17) is 4.74 Å². The van der Waals surface area contributed by atoms with Gasteiger partial charge >= 0.3 is 6.03 Å². The lowest BCUT2D eigenvalue weighted by Crippen LogP contribution is -2.50. The summed E-state index contributed by atoms with van der Waals surface area (Å²) in [6.45, 7) is 5.17. The number of likely N-dealkylation sites (tertiary alicyclic amines) is 2. The second-order valence-electron chi connectivity index (χ2n) is 7.06. The Morgan fingerprint density at radius 3 is 2.54 bits per heavy atom. The molecule has 0 aromatic carbocycles. The highest BCUT2D eigenvalue weighted by atomic mass is 32.2. The summed E-state index contributed by atoms with van der Waals surface area (Å²) in [4.78, 5) is 16.2. The fourth-order valence-corrected chi connectivity index (χ4v) is 4.76. The Labute approximate surface area is 157 Å². The van der Waals surface area contributed by atoms with Crippen molar-refractivity contribution >= 4 is 16.2 Å². The zero-order valence-electron chi connectivity index (χ0n) is 16.2. The highest BCUT2D eigenvalue weighted by Crippen LogP contribution is 2.20. The van der Waals surface area contributed by atoms with Crippen molar-refractivity contribution in [2.24, 2.45) is 0 Å². The van der Waals surface area contributed by atoms with Gasteiger partial charge in [-0.25, -0.2) is 4.79 Å². The first kappa shape index (κ1) is 21.4. The SMILES string of the molecule is COCCNC(=O)N1CCC(N(CCN2CCCC2)S(=O)(=O)N(C)C)C1. The van der Waals surface area contributed by atoms with Crippen molar-refractivity contribution in [1.82, 2.24) is 23.7 Å². The van der Waals surface area contributed by atoms with Crippen LogP contribution in [0.4, 0.5) is 4.79 Å². The molecule has 10 heteroatoms. The van der Waals surface area contributed by atoms with E-state index in [1.54, 1.807) is 30.4 Å². The third-order valence-corrected chi connectivity index (χ3v) is 7.03. The first-order valence-electron chi connectivity index (χ1n) is 9.29. The average Bonchev–Trinajstić information content (AvgIpc) is 3.26. The predicted molar refractivity (Wildman–Crippen MR) is 100 cm³/mol. The minimum Gasteiger partial charge on any atom is -0.383 e. The van der Waals surface area contributed by atoms with Crippen LogP contribution < -0.4 is 5.32 Å². The summed E-state index contributed by atoms with van der Waals surface area (Å²) >= 11 is 0. The number of nitrogens with zero attached hydrogens (tertiary/aromatic N) is 4. The van der Waals surface area contributed by atoms with E-state index in [1.165, 1.54) is 17.1 Å². The fraction of sp³-hybridized carbons (Fsp3) is 0.938. The molecule has 26 heavy (non-hydrogen) atoms. The Bertz CT molecular complexity index is 551. The summed E-state index contributed by atoms with van der Waals surface area (Å²) < 4.78 is 33.4. The quantitative estimate of drug-likeness (QED) is 0.542. The van der Waals surface area contributed by atoms with Gasteiger partial charge in [0.1, 0.15) is 0 Å². The molecular weight excluding hydrogens is 358 g/mol. The minimum atomic E-state index is -3.52. The molecule has 0 aliphatic carbocycles. The Hall–Kier alpha value is -0.940. The number of amides is 2. The molecule has 0 bridgehead atoms. The van der Waals surface area contributed by atoms with E-state index in [2.05, 4.69) is 10.2 Å². The molecule has 2 aliphatic rings. The highest BCUT2D eigenvalue weighted by molar-refractivity contribution is 7.86. The smallest absolute Gasteiger partial charge is 0.317 e. The summed E-state index contributed by atoms with van der Waals surface area (Å²) in [7, 11) is 1.18. The molecule has 2 aliphatic heterocycles. The number of nitrogens with one attached hydrogen (secondary N) is 1. The summed E-state index contributed by atoms with van der Waals surface area (Å²) in [6, 6.07) is -0.343. The topological polar surface area (TPSA) is 85.4 Å². The van der Waals surface area contributed by atoms with Crippen LogP contribution >= 0.6 is 0 Å². The van der Waals surface area contributed by atoms with E-state index >= 15 is 0 Å². The van der Waals surface area contributed by atoms with Crippen LogP contribution in [0, 0.1) is 0 Å². The van der Waals surface area contributed by atoms with Gasteiger partial charge in [-0.1, -0.05) is 0 Å². The van der Waals surface area contributed by atoms with E-state index in [-0.39, 0.29) is 12.1 Å². The van der Waals surface area contributed by atoms with Crippen LogP contribution in [-0.4, -0.2) is 113 Å². The molecule has 9 nitrogen and oxygen atoms in total. The fourth-order valence-electron chi connectivity index (χ4n) is 3.48. The van der Waals surface area contributed by atoms with Gasteiger partial charge in [0.05, 0.1) is 6.61 Å². The van der Waals surface area contributed by atoms with Gasteiger partial charge in [-0.3, -0.25) is 0 Å². The number of hydrogen-bond donors (Lipinski definition) is 1. The van der Waals surface area contributed by atoms with E-state index < -0.39 is 10.2 Å². The van der Waals surface area contributed by atoms with Crippen LogP contribution in [0.25, 0.3) is 0 Å². The van der Waals surface area contributed by atoms with Crippen molar-refractivity contribution in [2.75, 3.05) is 73.6 Å². The minimum absolute atomic E-state index is 0.161. The molecule has 2 amide bonds.